The fourth-order valence-corrected chi connectivity index (χ4v) is 2.33. The van der Waals surface area contributed by atoms with Crippen LogP contribution in [0.2, 0.25) is 0 Å². The zero-order valence-corrected chi connectivity index (χ0v) is 12.6. The summed E-state index contributed by atoms with van der Waals surface area (Å²) in [4.78, 5) is 12.2. The Morgan fingerprint density at radius 1 is 1.33 bits per heavy atom. The number of carbonyl (C=O) groups is 1. The average molecular weight is 287 g/mol. The van der Waals surface area contributed by atoms with Crippen LogP contribution in [-0.4, -0.2) is 27.4 Å². The summed E-state index contributed by atoms with van der Waals surface area (Å²) < 4.78 is 1.66. The van der Waals surface area contributed by atoms with Gasteiger partial charge in [0.2, 0.25) is 5.91 Å². The summed E-state index contributed by atoms with van der Waals surface area (Å²) in [6.45, 7) is 5.59. The molecule has 0 saturated carbocycles. The molecule has 0 aliphatic heterocycles. The van der Waals surface area contributed by atoms with Gasteiger partial charge in [0.25, 0.3) is 0 Å². The largest absolute Gasteiger partial charge is 0.394 e. The summed E-state index contributed by atoms with van der Waals surface area (Å²) in [5.74, 6) is -0.179. The lowest BCUT2D eigenvalue weighted by molar-refractivity contribution is -0.124. The van der Waals surface area contributed by atoms with Crippen molar-refractivity contribution in [3.63, 3.8) is 0 Å². The van der Waals surface area contributed by atoms with Crippen LogP contribution < -0.4 is 5.32 Å². The second-order valence-electron chi connectivity index (χ2n) is 5.49. The third-order valence-corrected chi connectivity index (χ3v) is 3.54. The predicted molar refractivity (Wildman–Crippen MR) is 80.7 cm³/mol. The average Bonchev–Trinajstić information content (AvgIpc) is 2.77. The standard InChI is InChI=1S/C16H21N3O2/c1-12-9-13(2)19(18-12)10-15(21)17-16(3,11-20)14-7-5-4-6-8-14/h4-9,20H,10-11H2,1-3H3,(H,17,21). The zero-order valence-electron chi connectivity index (χ0n) is 12.6. The van der Waals surface area contributed by atoms with Crippen LogP contribution in [0, 0.1) is 13.8 Å². The highest BCUT2D eigenvalue weighted by molar-refractivity contribution is 5.76. The number of rotatable bonds is 5. The third kappa shape index (κ3) is 3.49. The van der Waals surface area contributed by atoms with Gasteiger partial charge in [0.15, 0.2) is 0 Å². The first kappa shape index (κ1) is 15.3. The summed E-state index contributed by atoms with van der Waals surface area (Å²) in [6.07, 6.45) is 0. The molecule has 5 heteroatoms. The van der Waals surface area contributed by atoms with Gasteiger partial charge in [-0.1, -0.05) is 30.3 Å². The van der Waals surface area contributed by atoms with E-state index >= 15 is 0 Å². The summed E-state index contributed by atoms with van der Waals surface area (Å²) in [6, 6.07) is 11.4. The van der Waals surface area contributed by atoms with Gasteiger partial charge in [-0.15, -0.1) is 0 Å². The van der Waals surface area contributed by atoms with Crippen LogP contribution in [0.3, 0.4) is 0 Å². The van der Waals surface area contributed by atoms with Crippen LogP contribution in [0.25, 0.3) is 0 Å². The molecular weight excluding hydrogens is 266 g/mol. The molecule has 0 spiro atoms. The van der Waals surface area contributed by atoms with Gasteiger partial charge in [-0.25, -0.2) is 0 Å². The highest BCUT2D eigenvalue weighted by Crippen LogP contribution is 2.19. The van der Waals surface area contributed by atoms with Crippen molar-refractivity contribution >= 4 is 5.91 Å². The minimum Gasteiger partial charge on any atom is -0.394 e. The Morgan fingerprint density at radius 2 is 2.00 bits per heavy atom. The number of aliphatic hydroxyl groups is 1. The van der Waals surface area contributed by atoms with E-state index in [2.05, 4.69) is 10.4 Å². The van der Waals surface area contributed by atoms with Gasteiger partial charge < -0.3 is 10.4 Å². The third-order valence-electron chi connectivity index (χ3n) is 3.54. The minimum absolute atomic E-state index is 0.141. The van der Waals surface area contributed by atoms with Crippen LogP contribution in [0.1, 0.15) is 23.9 Å². The fourth-order valence-electron chi connectivity index (χ4n) is 2.33. The van der Waals surface area contributed by atoms with Gasteiger partial charge in [-0.3, -0.25) is 9.48 Å². The molecule has 21 heavy (non-hydrogen) atoms. The number of nitrogens with one attached hydrogen (secondary N) is 1. The number of aliphatic hydroxyl groups excluding tert-OH is 1. The topological polar surface area (TPSA) is 67.2 Å². The van der Waals surface area contributed by atoms with E-state index in [0.717, 1.165) is 17.0 Å². The quantitative estimate of drug-likeness (QED) is 0.876. The minimum atomic E-state index is -0.797. The lowest BCUT2D eigenvalue weighted by Crippen LogP contribution is -2.47. The van der Waals surface area contributed by atoms with Crippen molar-refractivity contribution in [2.24, 2.45) is 0 Å². The van der Waals surface area contributed by atoms with Gasteiger partial charge in [-0.2, -0.15) is 5.10 Å². The molecule has 0 aliphatic carbocycles. The summed E-state index contributed by atoms with van der Waals surface area (Å²) in [5, 5.41) is 16.8. The first-order chi connectivity index (χ1) is 9.94. The maximum absolute atomic E-state index is 12.2. The van der Waals surface area contributed by atoms with Crippen molar-refractivity contribution in [2.45, 2.75) is 32.9 Å². The zero-order chi connectivity index (χ0) is 15.5. The van der Waals surface area contributed by atoms with E-state index in [0.29, 0.717) is 0 Å². The van der Waals surface area contributed by atoms with Crippen LogP contribution in [-0.2, 0) is 16.9 Å². The Balaban J connectivity index is 2.11. The van der Waals surface area contributed by atoms with Crippen molar-refractivity contribution in [3.05, 3.63) is 53.3 Å². The fraction of sp³-hybridized carbons (Fsp3) is 0.375. The number of hydrogen-bond acceptors (Lipinski definition) is 3. The number of amides is 1. The van der Waals surface area contributed by atoms with Gasteiger partial charge in [0.1, 0.15) is 6.54 Å². The highest BCUT2D eigenvalue weighted by atomic mass is 16.3. The molecule has 1 amide bonds. The second kappa shape index (κ2) is 6.10. The molecule has 1 aromatic carbocycles. The molecule has 5 nitrogen and oxygen atoms in total. The number of aryl methyl sites for hydroxylation is 2. The Hall–Kier alpha value is -2.14. The molecule has 1 atom stereocenters. The maximum Gasteiger partial charge on any atom is 0.242 e. The van der Waals surface area contributed by atoms with E-state index in [1.54, 1.807) is 11.6 Å². The molecule has 2 rings (SSSR count). The molecule has 0 fully saturated rings. The van der Waals surface area contributed by atoms with E-state index in [1.807, 2.05) is 50.2 Å². The molecule has 1 aromatic heterocycles. The molecule has 1 heterocycles. The molecule has 0 radical (unpaired) electrons. The van der Waals surface area contributed by atoms with Gasteiger partial charge in [0, 0.05) is 5.69 Å². The van der Waals surface area contributed by atoms with E-state index in [1.165, 1.54) is 0 Å². The lowest BCUT2D eigenvalue weighted by Gasteiger charge is -2.29. The van der Waals surface area contributed by atoms with Gasteiger partial charge in [0.05, 0.1) is 17.8 Å². The second-order valence-corrected chi connectivity index (χ2v) is 5.49. The Bertz CT molecular complexity index is 622. The SMILES string of the molecule is Cc1cc(C)n(CC(=O)NC(C)(CO)c2ccccc2)n1. The summed E-state index contributed by atoms with van der Waals surface area (Å²) >= 11 is 0. The molecule has 112 valence electrons. The number of benzene rings is 1. The molecule has 0 bridgehead atoms. The van der Waals surface area contributed by atoms with E-state index in [4.69, 9.17) is 0 Å². The van der Waals surface area contributed by atoms with Crippen molar-refractivity contribution in [1.29, 1.82) is 0 Å². The van der Waals surface area contributed by atoms with Crippen molar-refractivity contribution in [1.82, 2.24) is 15.1 Å². The normalized spacial score (nSPS) is 13.7. The molecular formula is C16H21N3O2. The summed E-state index contributed by atoms with van der Waals surface area (Å²) in [7, 11) is 0. The molecule has 0 saturated heterocycles. The van der Waals surface area contributed by atoms with E-state index < -0.39 is 5.54 Å². The number of carbonyl (C=O) groups excluding carboxylic acids is 1. The monoisotopic (exact) mass is 287 g/mol. The van der Waals surface area contributed by atoms with Crippen LogP contribution in [0.5, 0.6) is 0 Å². The molecule has 0 aliphatic rings. The van der Waals surface area contributed by atoms with Gasteiger partial charge in [-0.05, 0) is 32.4 Å². The number of nitrogens with zero attached hydrogens (tertiary/aromatic N) is 2. The Labute approximate surface area is 124 Å². The van der Waals surface area contributed by atoms with Crippen molar-refractivity contribution in [3.8, 4) is 0 Å². The first-order valence-corrected chi connectivity index (χ1v) is 6.93. The Kier molecular flexibility index (Phi) is 4.43. The molecule has 2 N–H and O–H groups in total. The summed E-state index contributed by atoms with van der Waals surface area (Å²) in [5.41, 5.74) is 1.89. The molecule has 2 aromatic rings. The van der Waals surface area contributed by atoms with Crippen LogP contribution in [0.15, 0.2) is 36.4 Å². The van der Waals surface area contributed by atoms with E-state index in [-0.39, 0.29) is 19.1 Å². The smallest absolute Gasteiger partial charge is 0.242 e. The van der Waals surface area contributed by atoms with Crippen molar-refractivity contribution in [2.75, 3.05) is 6.61 Å². The number of aromatic nitrogens is 2. The lowest BCUT2D eigenvalue weighted by atomic mass is 9.93. The first-order valence-electron chi connectivity index (χ1n) is 6.93. The van der Waals surface area contributed by atoms with Gasteiger partial charge >= 0.3 is 0 Å². The molecule has 1 unspecified atom stereocenters. The maximum atomic E-state index is 12.2. The Morgan fingerprint density at radius 3 is 2.52 bits per heavy atom. The predicted octanol–water partition coefficient (Wildman–Crippen LogP) is 1.52. The van der Waals surface area contributed by atoms with E-state index in [9.17, 15) is 9.90 Å². The highest BCUT2D eigenvalue weighted by Gasteiger charge is 2.27. The number of hydrogen-bond donors (Lipinski definition) is 2. The van der Waals surface area contributed by atoms with Crippen molar-refractivity contribution < 1.29 is 9.90 Å². The van der Waals surface area contributed by atoms with Crippen LogP contribution >= 0.6 is 0 Å². The van der Waals surface area contributed by atoms with Crippen LogP contribution in [0.4, 0.5) is 0 Å².